The fourth-order valence-electron chi connectivity index (χ4n) is 4.95. The molecule has 7 nitrogen and oxygen atoms in total. The summed E-state index contributed by atoms with van der Waals surface area (Å²) in [5.74, 6) is -0.836. The molecule has 45 heavy (non-hydrogen) atoms. The van der Waals surface area contributed by atoms with Crippen molar-refractivity contribution in [3.63, 3.8) is 0 Å². The van der Waals surface area contributed by atoms with Gasteiger partial charge in [0.2, 0.25) is 11.8 Å². The maximum absolute atomic E-state index is 14.6. The molecular formula is C36H40ClN3O4S. The van der Waals surface area contributed by atoms with Gasteiger partial charge >= 0.3 is 0 Å². The maximum atomic E-state index is 14.6. The van der Waals surface area contributed by atoms with Gasteiger partial charge in [0.25, 0.3) is 10.0 Å². The van der Waals surface area contributed by atoms with E-state index in [4.69, 9.17) is 11.6 Å². The average molecular weight is 646 g/mol. The number of anilines is 1. The minimum Gasteiger partial charge on any atom is -0.350 e. The summed E-state index contributed by atoms with van der Waals surface area (Å²) in [7, 11) is -4.20. The van der Waals surface area contributed by atoms with E-state index in [1.54, 1.807) is 24.3 Å². The molecule has 0 aliphatic carbocycles. The molecule has 1 N–H and O–H groups in total. The molecule has 9 heteroatoms. The summed E-state index contributed by atoms with van der Waals surface area (Å²) in [6.07, 6.45) is 0.245. The highest BCUT2D eigenvalue weighted by Crippen LogP contribution is 2.27. The van der Waals surface area contributed by atoms with Gasteiger partial charge in [-0.15, -0.1) is 0 Å². The first-order valence-electron chi connectivity index (χ1n) is 14.8. The third-order valence-corrected chi connectivity index (χ3v) is 9.41. The van der Waals surface area contributed by atoms with E-state index in [0.29, 0.717) is 10.7 Å². The van der Waals surface area contributed by atoms with Crippen LogP contribution in [0, 0.1) is 13.8 Å². The number of carbonyl (C=O) groups excluding carboxylic acids is 2. The quantitative estimate of drug-likeness (QED) is 0.197. The van der Waals surface area contributed by atoms with Crippen molar-refractivity contribution in [3.8, 4) is 0 Å². The Hall–Kier alpha value is -4.14. The van der Waals surface area contributed by atoms with Gasteiger partial charge in [0.05, 0.1) is 10.6 Å². The van der Waals surface area contributed by atoms with Crippen LogP contribution in [0.25, 0.3) is 0 Å². The van der Waals surface area contributed by atoms with Crippen LogP contribution in [0.1, 0.15) is 43.0 Å². The molecule has 0 heterocycles. The van der Waals surface area contributed by atoms with E-state index in [9.17, 15) is 18.0 Å². The van der Waals surface area contributed by atoms with Gasteiger partial charge in [-0.05, 0) is 87.7 Å². The predicted octanol–water partition coefficient (Wildman–Crippen LogP) is 6.71. The summed E-state index contributed by atoms with van der Waals surface area (Å²) in [5.41, 5.74) is 3.40. The molecule has 0 fully saturated rings. The van der Waals surface area contributed by atoms with Crippen molar-refractivity contribution >= 4 is 39.1 Å². The van der Waals surface area contributed by atoms with Crippen molar-refractivity contribution in [2.24, 2.45) is 0 Å². The van der Waals surface area contributed by atoms with E-state index in [2.05, 4.69) is 5.32 Å². The van der Waals surface area contributed by atoms with Crippen molar-refractivity contribution in [2.75, 3.05) is 10.8 Å². The molecule has 0 saturated carbocycles. The second-order valence-electron chi connectivity index (χ2n) is 12.2. The Morgan fingerprint density at radius 1 is 0.822 bits per heavy atom. The lowest BCUT2D eigenvalue weighted by atomic mass is 10.00. The summed E-state index contributed by atoms with van der Waals surface area (Å²) < 4.78 is 29.3. The number of hydrogen-bond acceptors (Lipinski definition) is 4. The Kier molecular flexibility index (Phi) is 10.7. The van der Waals surface area contributed by atoms with Gasteiger partial charge in [0.15, 0.2) is 0 Å². The Morgan fingerprint density at radius 3 is 2.02 bits per heavy atom. The fraction of sp³-hybridized carbons (Fsp3) is 0.278. The van der Waals surface area contributed by atoms with Crippen molar-refractivity contribution in [3.05, 3.63) is 130 Å². The smallest absolute Gasteiger partial charge is 0.264 e. The molecule has 0 aliphatic heterocycles. The van der Waals surface area contributed by atoms with Crippen LogP contribution in [-0.4, -0.2) is 43.3 Å². The molecule has 1 atom stereocenters. The SMILES string of the molecule is Cc1ccc(N(CC(=O)N(Cc2ccccc2C)C(Cc2ccccc2)C(=O)NC(C)(C)C)S(=O)(=O)c2ccc(Cl)cc2)cc1. The van der Waals surface area contributed by atoms with Gasteiger partial charge in [-0.1, -0.05) is 83.9 Å². The lowest BCUT2D eigenvalue weighted by molar-refractivity contribution is -0.140. The second-order valence-corrected chi connectivity index (χ2v) is 14.5. The molecule has 0 bridgehead atoms. The highest BCUT2D eigenvalue weighted by molar-refractivity contribution is 7.92. The van der Waals surface area contributed by atoms with Crippen molar-refractivity contribution in [1.82, 2.24) is 10.2 Å². The zero-order valence-electron chi connectivity index (χ0n) is 26.3. The standard InChI is InChI=1S/C36H40ClN3O4S/c1-26-15-19-31(20-16-26)40(45(43,44)32-21-17-30(37)18-22-32)25-34(41)39(24-29-14-10-9-11-27(29)2)33(35(42)38-36(3,4)5)23-28-12-7-6-8-13-28/h6-22,33H,23-25H2,1-5H3,(H,38,42). The first-order chi connectivity index (χ1) is 21.2. The summed E-state index contributed by atoms with van der Waals surface area (Å²) >= 11 is 6.06. The molecule has 0 aromatic heterocycles. The van der Waals surface area contributed by atoms with Crippen molar-refractivity contribution in [2.45, 2.75) is 64.1 Å². The normalized spacial score (nSPS) is 12.3. The van der Waals surface area contributed by atoms with E-state index < -0.39 is 34.1 Å². The molecule has 4 aromatic carbocycles. The molecule has 0 spiro atoms. The van der Waals surface area contributed by atoms with Crippen LogP contribution >= 0.6 is 11.6 Å². The molecule has 2 amide bonds. The number of rotatable bonds is 11. The minimum absolute atomic E-state index is 0.00274. The molecule has 4 aromatic rings. The number of benzene rings is 4. The van der Waals surface area contributed by atoms with Gasteiger partial charge in [-0.25, -0.2) is 8.42 Å². The monoisotopic (exact) mass is 645 g/mol. The Morgan fingerprint density at radius 2 is 1.42 bits per heavy atom. The van der Waals surface area contributed by atoms with Gasteiger partial charge in [0.1, 0.15) is 12.6 Å². The molecule has 0 radical (unpaired) electrons. The number of hydrogen-bond donors (Lipinski definition) is 1. The van der Waals surface area contributed by atoms with E-state index in [0.717, 1.165) is 26.6 Å². The maximum Gasteiger partial charge on any atom is 0.264 e. The van der Waals surface area contributed by atoms with Gasteiger partial charge < -0.3 is 10.2 Å². The Balaban J connectivity index is 1.82. The second kappa shape index (κ2) is 14.3. The molecule has 0 saturated heterocycles. The van der Waals surface area contributed by atoms with E-state index in [1.165, 1.54) is 29.2 Å². The summed E-state index contributed by atoms with van der Waals surface area (Å²) in [6, 6.07) is 29.0. The first-order valence-corrected chi connectivity index (χ1v) is 16.6. The van der Waals surface area contributed by atoms with Crippen LogP contribution in [0.4, 0.5) is 5.69 Å². The highest BCUT2D eigenvalue weighted by atomic mass is 35.5. The number of sulfonamides is 1. The highest BCUT2D eigenvalue weighted by Gasteiger charge is 2.35. The van der Waals surface area contributed by atoms with Crippen LogP contribution in [0.2, 0.25) is 5.02 Å². The number of nitrogens with one attached hydrogen (secondary N) is 1. The Bertz CT molecular complexity index is 1720. The summed E-state index contributed by atoms with van der Waals surface area (Å²) in [4.78, 5) is 30.0. The van der Waals surface area contributed by atoms with Crippen LogP contribution in [0.3, 0.4) is 0 Å². The number of amides is 2. The third kappa shape index (κ3) is 8.96. The minimum atomic E-state index is -4.20. The van der Waals surface area contributed by atoms with Gasteiger partial charge in [-0.2, -0.15) is 0 Å². The number of carbonyl (C=O) groups is 2. The zero-order valence-corrected chi connectivity index (χ0v) is 27.9. The van der Waals surface area contributed by atoms with Crippen LogP contribution in [-0.2, 0) is 32.6 Å². The summed E-state index contributed by atoms with van der Waals surface area (Å²) in [5, 5.41) is 3.44. The third-order valence-electron chi connectivity index (χ3n) is 7.37. The van der Waals surface area contributed by atoms with Crippen LogP contribution in [0.15, 0.2) is 108 Å². The van der Waals surface area contributed by atoms with Crippen LogP contribution in [0.5, 0.6) is 0 Å². The average Bonchev–Trinajstić information content (AvgIpc) is 2.99. The fourth-order valence-corrected chi connectivity index (χ4v) is 6.49. The lowest BCUT2D eigenvalue weighted by Gasteiger charge is -2.35. The number of halogens is 1. The predicted molar refractivity (Wildman–Crippen MR) is 181 cm³/mol. The molecule has 4 rings (SSSR count). The number of nitrogens with zero attached hydrogens (tertiary/aromatic N) is 2. The largest absolute Gasteiger partial charge is 0.350 e. The zero-order chi connectivity index (χ0) is 32.8. The molecule has 0 aliphatic rings. The topological polar surface area (TPSA) is 86.8 Å². The molecule has 1 unspecified atom stereocenters. The van der Waals surface area contributed by atoms with Crippen molar-refractivity contribution < 1.29 is 18.0 Å². The Labute approximate surface area is 271 Å². The molecule has 236 valence electrons. The lowest BCUT2D eigenvalue weighted by Crippen LogP contribution is -2.56. The van der Waals surface area contributed by atoms with Gasteiger partial charge in [0, 0.05) is 23.5 Å². The first kappa shape index (κ1) is 33.7. The van der Waals surface area contributed by atoms with Gasteiger partial charge in [-0.3, -0.25) is 13.9 Å². The van der Waals surface area contributed by atoms with E-state index in [1.807, 2.05) is 89.2 Å². The number of aryl methyl sites for hydroxylation is 2. The molecular weight excluding hydrogens is 606 g/mol. The van der Waals surface area contributed by atoms with E-state index in [-0.39, 0.29) is 23.8 Å². The van der Waals surface area contributed by atoms with Crippen molar-refractivity contribution in [1.29, 1.82) is 0 Å². The van der Waals surface area contributed by atoms with Crippen LogP contribution < -0.4 is 9.62 Å². The van der Waals surface area contributed by atoms with E-state index >= 15 is 0 Å². The summed E-state index contributed by atoms with van der Waals surface area (Å²) in [6.45, 7) is 9.10.